The number of rotatable bonds is 4. The van der Waals surface area contributed by atoms with E-state index in [1.54, 1.807) is 24.3 Å². The molecule has 104 valence electrons. The molecule has 0 saturated heterocycles. The van der Waals surface area contributed by atoms with Gasteiger partial charge in [-0.2, -0.15) is 0 Å². The van der Waals surface area contributed by atoms with E-state index in [0.717, 1.165) is 30.7 Å². The summed E-state index contributed by atoms with van der Waals surface area (Å²) in [6.07, 6.45) is 1.34. The Hall–Kier alpha value is -1.94. The van der Waals surface area contributed by atoms with Gasteiger partial charge in [-0.1, -0.05) is 18.2 Å². The molecule has 20 heavy (non-hydrogen) atoms. The molecular formula is C16H14F2O2. The van der Waals surface area contributed by atoms with E-state index < -0.39 is 17.7 Å². The first-order valence-corrected chi connectivity index (χ1v) is 6.53. The molecule has 1 fully saturated rings. The zero-order valence-corrected chi connectivity index (χ0v) is 10.7. The van der Waals surface area contributed by atoms with Gasteiger partial charge in [-0.25, -0.2) is 8.78 Å². The minimum Gasteiger partial charge on any atom is -0.490 e. The Kier molecular flexibility index (Phi) is 3.40. The third-order valence-electron chi connectivity index (χ3n) is 3.28. The Balaban J connectivity index is 1.80. The second kappa shape index (κ2) is 5.21. The van der Waals surface area contributed by atoms with Gasteiger partial charge >= 0.3 is 0 Å². The maximum absolute atomic E-state index is 13.6. The highest BCUT2D eigenvalue weighted by atomic mass is 19.1. The van der Waals surface area contributed by atoms with E-state index >= 15 is 0 Å². The van der Waals surface area contributed by atoms with Crippen molar-refractivity contribution in [3.05, 3.63) is 65.2 Å². The molecule has 0 aliphatic heterocycles. The van der Waals surface area contributed by atoms with Crippen molar-refractivity contribution < 1.29 is 18.6 Å². The molecule has 4 heteroatoms. The summed E-state index contributed by atoms with van der Waals surface area (Å²) in [4.78, 5) is 0. The van der Waals surface area contributed by atoms with E-state index in [1.165, 1.54) is 6.07 Å². The average Bonchev–Trinajstić information content (AvgIpc) is 3.23. The van der Waals surface area contributed by atoms with Crippen LogP contribution in [-0.4, -0.2) is 11.2 Å². The normalized spacial score (nSPS) is 15.9. The molecule has 1 N–H and O–H groups in total. The van der Waals surface area contributed by atoms with Crippen molar-refractivity contribution in [1.29, 1.82) is 0 Å². The summed E-state index contributed by atoms with van der Waals surface area (Å²) >= 11 is 0. The van der Waals surface area contributed by atoms with Crippen molar-refractivity contribution in [1.82, 2.24) is 0 Å². The molecule has 1 saturated carbocycles. The fraction of sp³-hybridized carbons (Fsp3) is 0.250. The SMILES string of the molecule is OC(c1ccc(OC2CC2)cc1)c1ccc(F)cc1F. The van der Waals surface area contributed by atoms with Crippen molar-refractivity contribution in [3.63, 3.8) is 0 Å². The number of benzene rings is 2. The Bertz CT molecular complexity index is 606. The van der Waals surface area contributed by atoms with Crippen LogP contribution >= 0.6 is 0 Å². The Labute approximate surface area is 115 Å². The lowest BCUT2D eigenvalue weighted by molar-refractivity contribution is 0.214. The van der Waals surface area contributed by atoms with Gasteiger partial charge in [-0.15, -0.1) is 0 Å². The van der Waals surface area contributed by atoms with Crippen LogP contribution in [0.2, 0.25) is 0 Å². The second-order valence-corrected chi connectivity index (χ2v) is 4.95. The van der Waals surface area contributed by atoms with E-state index in [9.17, 15) is 13.9 Å². The summed E-state index contributed by atoms with van der Waals surface area (Å²) in [5, 5.41) is 10.1. The van der Waals surface area contributed by atoms with Crippen LogP contribution in [0.4, 0.5) is 8.78 Å². The van der Waals surface area contributed by atoms with Gasteiger partial charge in [-0.3, -0.25) is 0 Å². The van der Waals surface area contributed by atoms with Gasteiger partial charge in [0.2, 0.25) is 0 Å². The smallest absolute Gasteiger partial charge is 0.132 e. The Morgan fingerprint density at radius 1 is 1.05 bits per heavy atom. The van der Waals surface area contributed by atoms with Crippen molar-refractivity contribution in [2.24, 2.45) is 0 Å². The lowest BCUT2D eigenvalue weighted by Gasteiger charge is -2.13. The van der Waals surface area contributed by atoms with Crippen LogP contribution in [0.1, 0.15) is 30.1 Å². The standard InChI is InChI=1S/C16H14F2O2/c17-11-3-8-14(15(18)9-11)16(19)10-1-4-12(5-2-10)20-13-6-7-13/h1-5,8-9,13,16,19H,6-7H2. The third kappa shape index (κ3) is 2.80. The first-order chi connectivity index (χ1) is 9.63. The van der Waals surface area contributed by atoms with Gasteiger partial charge in [-0.05, 0) is 36.6 Å². The van der Waals surface area contributed by atoms with Crippen molar-refractivity contribution >= 4 is 0 Å². The van der Waals surface area contributed by atoms with E-state index in [2.05, 4.69) is 0 Å². The monoisotopic (exact) mass is 276 g/mol. The van der Waals surface area contributed by atoms with Crippen molar-refractivity contribution in [2.75, 3.05) is 0 Å². The zero-order chi connectivity index (χ0) is 14.1. The molecule has 1 aliphatic carbocycles. The number of aliphatic hydroxyl groups excluding tert-OH is 1. The first-order valence-electron chi connectivity index (χ1n) is 6.53. The molecule has 0 heterocycles. The molecule has 3 rings (SSSR count). The first kappa shape index (κ1) is 13.1. The summed E-state index contributed by atoms with van der Waals surface area (Å²) in [5.74, 6) is -0.675. The summed E-state index contributed by atoms with van der Waals surface area (Å²) in [7, 11) is 0. The molecule has 0 bridgehead atoms. The largest absolute Gasteiger partial charge is 0.490 e. The average molecular weight is 276 g/mol. The highest BCUT2D eigenvalue weighted by Crippen LogP contribution is 2.29. The molecular weight excluding hydrogens is 262 g/mol. The van der Waals surface area contributed by atoms with E-state index in [1.807, 2.05) is 0 Å². The molecule has 1 aliphatic rings. The predicted molar refractivity (Wildman–Crippen MR) is 70.5 cm³/mol. The van der Waals surface area contributed by atoms with Gasteiger partial charge in [0.05, 0.1) is 6.10 Å². The highest BCUT2D eigenvalue weighted by Gasteiger charge is 2.23. The molecule has 1 unspecified atom stereocenters. The van der Waals surface area contributed by atoms with Gasteiger partial charge in [0.1, 0.15) is 23.5 Å². The quantitative estimate of drug-likeness (QED) is 0.924. The summed E-state index contributed by atoms with van der Waals surface area (Å²) in [6.45, 7) is 0. The molecule has 0 amide bonds. The maximum atomic E-state index is 13.6. The molecule has 1 atom stereocenters. The van der Waals surface area contributed by atoms with Crippen LogP contribution in [0, 0.1) is 11.6 Å². The van der Waals surface area contributed by atoms with Crippen molar-refractivity contribution in [3.8, 4) is 5.75 Å². The lowest BCUT2D eigenvalue weighted by Crippen LogP contribution is -2.03. The van der Waals surface area contributed by atoms with Crippen LogP contribution < -0.4 is 4.74 Å². The molecule has 2 nitrogen and oxygen atoms in total. The number of hydrogen-bond acceptors (Lipinski definition) is 2. The molecule has 0 spiro atoms. The second-order valence-electron chi connectivity index (χ2n) is 4.95. The van der Waals surface area contributed by atoms with Gasteiger partial charge in [0.15, 0.2) is 0 Å². The minimum absolute atomic E-state index is 0.0576. The number of aliphatic hydroxyl groups is 1. The van der Waals surface area contributed by atoms with Gasteiger partial charge < -0.3 is 9.84 Å². The summed E-state index contributed by atoms with van der Waals surface area (Å²) in [5.41, 5.74) is 0.598. The Morgan fingerprint density at radius 2 is 1.75 bits per heavy atom. The fourth-order valence-corrected chi connectivity index (χ4v) is 2.01. The lowest BCUT2D eigenvalue weighted by atomic mass is 10.0. The number of hydrogen-bond donors (Lipinski definition) is 1. The molecule has 0 radical (unpaired) electrons. The van der Waals surface area contributed by atoms with Gasteiger partial charge in [0.25, 0.3) is 0 Å². The van der Waals surface area contributed by atoms with Crippen LogP contribution in [-0.2, 0) is 0 Å². The minimum atomic E-state index is -1.12. The Morgan fingerprint density at radius 3 is 2.35 bits per heavy atom. The zero-order valence-electron chi connectivity index (χ0n) is 10.7. The summed E-state index contributed by atoms with van der Waals surface area (Å²) < 4.78 is 32.1. The number of ether oxygens (including phenoxy) is 1. The van der Waals surface area contributed by atoms with E-state index in [4.69, 9.17) is 4.74 Å². The summed E-state index contributed by atoms with van der Waals surface area (Å²) in [6, 6.07) is 10.0. The predicted octanol–water partition coefficient (Wildman–Crippen LogP) is 3.59. The van der Waals surface area contributed by atoms with Gasteiger partial charge in [0, 0.05) is 11.6 Å². The molecule has 2 aromatic rings. The maximum Gasteiger partial charge on any atom is 0.132 e. The number of halogens is 2. The van der Waals surface area contributed by atoms with Crippen molar-refractivity contribution in [2.45, 2.75) is 25.0 Å². The van der Waals surface area contributed by atoms with Crippen LogP contribution in [0.25, 0.3) is 0 Å². The highest BCUT2D eigenvalue weighted by molar-refractivity contribution is 5.35. The molecule has 0 aromatic heterocycles. The van der Waals surface area contributed by atoms with Crippen LogP contribution in [0.15, 0.2) is 42.5 Å². The molecule has 2 aromatic carbocycles. The van der Waals surface area contributed by atoms with Crippen LogP contribution in [0.3, 0.4) is 0 Å². The van der Waals surface area contributed by atoms with Crippen LogP contribution in [0.5, 0.6) is 5.75 Å². The van der Waals surface area contributed by atoms with E-state index in [0.29, 0.717) is 11.7 Å². The third-order valence-corrected chi connectivity index (χ3v) is 3.28. The fourth-order valence-electron chi connectivity index (χ4n) is 2.01. The van der Waals surface area contributed by atoms with E-state index in [-0.39, 0.29) is 5.56 Å². The topological polar surface area (TPSA) is 29.5 Å².